The van der Waals surface area contributed by atoms with E-state index in [4.69, 9.17) is 18.7 Å². The van der Waals surface area contributed by atoms with E-state index in [2.05, 4.69) is 15.4 Å². The lowest BCUT2D eigenvalue weighted by Crippen LogP contribution is -2.53. The van der Waals surface area contributed by atoms with E-state index < -0.39 is 11.7 Å². The second-order valence-electron chi connectivity index (χ2n) is 7.60. The number of hydrogen-bond acceptors (Lipinski definition) is 7. The summed E-state index contributed by atoms with van der Waals surface area (Å²) < 4.78 is 17.3. The Morgan fingerprint density at radius 1 is 1.16 bits per heavy atom. The van der Waals surface area contributed by atoms with Crippen molar-refractivity contribution in [2.45, 2.75) is 32.7 Å². The molecule has 0 spiro atoms. The van der Waals surface area contributed by atoms with E-state index in [1.807, 2.05) is 49.4 Å². The fourth-order valence-corrected chi connectivity index (χ4v) is 3.25. The lowest BCUT2D eigenvalue weighted by molar-refractivity contribution is -0.265. The number of benzene rings is 1. The van der Waals surface area contributed by atoms with Crippen molar-refractivity contribution in [3.8, 4) is 11.5 Å². The van der Waals surface area contributed by atoms with Crippen molar-refractivity contribution in [3.63, 3.8) is 0 Å². The van der Waals surface area contributed by atoms with Crippen molar-refractivity contribution >= 4 is 5.91 Å². The predicted molar refractivity (Wildman–Crippen MR) is 111 cm³/mol. The van der Waals surface area contributed by atoms with Crippen molar-refractivity contribution in [3.05, 3.63) is 71.9 Å². The highest BCUT2D eigenvalue weighted by Crippen LogP contribution is 2.27. The Labute approximate surface area is 180 Å². The number of aryl methyl sites for hydroxylation is 1. The van der Waals surface area contributed by atoms with Crippen LogP contribution in [0.1, 0.15) is 23.9 Å². The number of carbonyl (C=O) groups excluding carboxylic acids is 1. The number of ether oxygens (including phenoxy) is 2. The van der Waals surface area contributed by atoms with Crippen LogP contribution in [0.4, 0.5) is 0 Å². The Morgan fingerprint density at radius 3 is 2.58 bits per heavy atom. The first-order chi connectivity index (χ1) is 15.0. The average molecular weight is 423 g/mol. The minimum absolute atomic E-state index is 0.0557. The van der Waals surface area contributed by atoms with Crippen molar-refractivity contribution in [2.75, 3.05) is 13.2 Å². The molecule has 1 aliphatic heterocycles. The van der Waals surface area contributed by atoms with E-state index in [1.165, 1.54) is 0 Å². The molecule has 1 saturated heterocycles. The highest BCUT2D eigenvalue weighted by Gasteiger charge is 2.41. The molecule has 1 N–H and O–H groups in total. The molecule has 1 fully saturated rings. The van der Waals surface area contributed by atoms with E-state index >= 15 is 0 Å². The SMILES string of the molecule is Cc1oc(-c2ccncc2)nc1CC1COC(C)(C(=O)NOCc2ccccc2)OC1. The van der Waals surface area contributed by atoms with Crippen molar-refractivity contribution in [2.24, 2.45) is 5.92 Å². The fourth-order valence-electron chi connectivity index (χ4n) is 3.25. The van der Waals surface area contributed by atoms with Crippen molar-refractivity contribution in [1.82, 2.24) is 15.4 Å². The van der Waals surface area contributed by atoms with Gasteiger partial charge in [0.25, 0.3) is 0 Å². The molecular weight excluding hydrogens is 398 g/mol. The number of nitrogens with one attached hydrogen (secondary N) is 1. The number of nitrogens with zero attached hydrogens (tertiary/aromatic N) is 2. The zero-order chi connectivity index (χ0) is 21.7. The zero-order valence-corrected chi connectivity index (χ0v) is 17.5. The van der Waals surface area contributed by atoms with Gasteiger partial charge in [-0.2, -0.15) is 0 Å². The third-order valence-electron chi connectivity index (χ3n) is 5.15. The summed E-state index contributed by atoms with van der Waals surface area (Å²) in [5.41, 5.74) is 5.09. The van der Waals surface area contributed by atoms with E-state index in [9.17, 15) is 4.79 Å². The highest BCUT2D eigenvalue weighted by atomic mass is 16.7. The Morgan fingerprint density at radius 2 is 1.87 bits per heavy atom. The third-order valence-corrected chi connectivity index (χ3v) is 5.15. The van der Waals surface area contributed by atoms with Crippen LogP contribution in [0.3, 0.4) is 0 Å². The standard InChI is InChI=1S/C23H25N3O5/c1-16-20(25-21(31-16)19-8-10-24-11-9-19)12-18-13-28-23(2,29-14-18)22(27)26-30-15-17-6-4-3-5-7-17/h3-11,18H,12-15H2,1-2H3,(H,26,27). The molecule has 4 rings (SSSR count). The summed E-state index contributed by atoms with van der Waals surface area (Å²) in [6.45, 7) is 4.46. The van der Waals surface area contributed by atoms with Crippen LogP contribution in [0.2, 0.25) is 0 Å². The summed E-state index contributed by atoms with van der Waals surface area (Å²) >= 11 is 0. The third kappa shape index (κ3) is 5.16. The van der Waals surface area contributed by atoms with Crippen LogP contribution in [0.15, 0.2) is 59.3 Å². The van der Waals surface area contributed by atoms with Gasteiger partial charge >= 0.3 is 5.91 Å². The molecule has 0 aliphatic carbocycles. The van der Waals surface area contributed by atoms with Crippen LogP contribution in [0.25, 0.3) is 11.5 Å². The molecule has 31 heavy (non-hydrogen) atoms. The van der Waals surface area contributed by atoms with E-state index in [1.54, 1.807) is 19.3 Å². The minimum atomic E-state index is -1.39. The normalized spacial score (nSPS) is 21.0. The molecule has 1 aliphatic rings. The van der Waals surface area contributed by atoms with Crippen LogP contribution < -0.4 is 5.48 Å². The van der Waals surface area contributed by atoms with Crippen LogP contribution in [-0.2, 0) is 32.1 Å². The maximum atomic E-state index is 12.5. The van der Waals surface area contributed by atoms with E-state index in [0.29, 0.717) is 25.5 Å². The van der Waals surface area contributed by atoms with Gasteiger partial charge in [0.15, 0.2) is 0 Å². The van der Waals surface area contributed by atoms with Gasteiger partial charge in [-0.15, -0.1) is 0 Å². The number of oxazole rings is 1. The van der Waals surface area contributed by atoms with Gasteiger partial charge in [0, 0.05) is 30.3 Å². The molecule has 0 atom stereocenters. The average Bonchev–Trinajstić information content (AvgIpc) is 3.17. The van der Waals surface area contributed by atoms with Gasteiger partial charge in [-0.3, -0.25) is 14.6 Å². The molecule has 1 amide bonds. The molecule has 162 valence electrons. The number of rotatable bonds is 7. The first-order valence-corrected chi connectivity index (χ1v) is 10.1. The van der Waals surface area contributed by atoms with Gasteiger partial charge in [-0.1, -0.05) is 30.3 Å². The molecular formula is C23H25N3O5. The molecule has 8 heteroatoms. The van der Waals surface area contributed by atoms with Gasteiger partial charge in [0.2, 0.25) is 11.7 Å². The maximum Gasteiger partial charge on any atom is 0.303 e. The van der Waals surface area contributed by atoms with Crippen LogP contribution in [0.5, 0.6) is 0 Å². The minimum Gasteiger partial charge on any atom is -0.441 e. The van der Waals surface area contributed by atoms with Crippen molar-refractivity contribution < 1.29 is 23.5 Å². The summed E-state index contributed by atoms with van der Waals surface area (Å²) in [4.78, 5) is 26.4. The van der Waals surface area contributed by atoms with Gasteiger partial charge in [-0.05, 0) is 31.5 Å². The summed E-state index contributed by atoms with van der Waals surface area (Å²) in [6, 6.07) is 13.3. The lowest BCUT2D eigenvalue weighted by atomic mass is 10.0. The summed E-state index contributed by atoms with van der Waals surface area (Å²) in [5, 5.41) is 0. The van der Waals surface area contributed by atoms with Crippen molar-refractivity contribution in [1.29, 1.82) is 0 Å². The van der Waals surface area contributed by atoms with Gasteiger partial charge in [-0.25, -0.2) is 10.5 Å². The van der Waals surface area contributed by atoms with Crippen LogP contribution in [-0.4, -0.2) is 34.9 Å². The first-order valence-electron chi connectivity index (χ1n) is 10.1. The molecule has 0 radical (unpaired) electrons. The molecule has 2 aromatic heterocycles. The van der Waals surface area contributed by atoms with Crippen LogP contribution in [0, 0.1) is 12.8 Å². The molecule has 8 nitrogen and oxygen atoms in total. The van der Waals surface area contributed by atoms with Gasteiger partial charge in [0.1, 0.15) is 5.76 Å². The number of hydrogen-bond donors (Lipinski definition) is 1. The second-order valence-corrected chi connectivity index (χ2v) is 7.60. The Kier molecular flexibility index (Phi) is 6.41. The molecule has 3 heterocycles. The van der Waals surface area contributed by atoms with Gasteiger partial charge in [0.05, 0.1) is 25.5 Å². The maximum absolute atomic E-state index is 12.5. The molecule has 0 bridgehead atoms. The van der Waals surface area contributed by atoms with E-state index in [0.717, 1.165) is 22.6 Å². The summed E-state index contributed by atoms with van der Waals surface area (Å²) in [6.07, 6.45) is 4.03. The topological polar surface area (TPSA) is 95.7 Å². The molecule has 0 unspecified atom stereocenters. The number of pyridine rings is 1. The highest BCUT2D eigenvalue weighted by molar-refractivity contribution is 5.82. The predicted octanol–water partition coefficient (Wildman–Crippen LogP) is 3.21. The number of carbonyl (C=O) groups is 1. The lowest BCUT2D eigenvalue weighted by Gasteiger charge is -2.35. The molecule has 0 saturated carbocycles. The number of amides is 1. The summed E-state index contributed by atoms with van der Waals surface area (Å²) in [5.74, 6) is -0.493. The largest absolute Gasteiger partial charge is 0.441 e. The quantitative estimate of drug-likeness (QED) is 0.583. The smallest absolute Gasteiger partial charge is 0.303 e. The zero-order valence-electron chi connectivity index (χ0n) is 17.5. The van der Waals surface area contributed by atoms with E-state index in [-0.39, 0.29) is 12.5 Å². The summed E-state index contributed by atoms with van der Waals surface area (Å²) in [7, 11) is 0. The molecule has 1 aromatic carbocycles. The molecule has 3 aromatic rings. The second kappa shape index (κ2) is 9.38. The Bertz CT molecular complexity index is 999. The van der Waals surface area contributed by atoms with Crippen LogP contribution >= 0.6 is 0 Å². The number of aromatic nitrogens is 2. The number of hydroxylamine groups is 1. The first kappa shape index (κ1) is 21.2. The monoisotopic (exact) mass is 423 g/mol. The van der Waals surface area contributed by atoms with Gasteiger partial charge < -0.3 is 13.9 Å². The fraction of sp³-hybridized carbons (Fsp3) is 0.348. The Hall–Kier alpha value is -3.07. The Balaban J connectivity index is 1.28.